The molecule has 0 aliphatic carbocycles. The van der Waals surface area contributed by atoms with Crippen LogP contribution >= 0.6 is 0 Å². The number of amides is 1. The summed E-state index contributed by atoms with van der Waals surface area (Å²) in [7, 11) is 0. The Morgan fingerprint density at radius 1 is 1.33 bits per heavy atom. The number of carbonyl (C=O) groups excluding carboxylic acids is 1. The standard InChI is InChI=1S/C15H19N5O/c1-10(2)7-12(16)15(21)20-19-9-11-3-4-13-14(8-11)18-6-5-17-13/h3-6,8-10,12H,7,16H2,1-2H3,(H,20,21)/b19-9+/t12-/m1/s1. The first kappa shape index (κ1) is 15.1. The second kappa shape index (κ2) is 6.90. The smallest absolute Gasteiger partial charge is 0.256 e. The third-order valence-corrected chi connectivity index (χ3v) is 2.94. The topological polar surface area (TPSA) is 93.3 Å². The SMILES string of the molecule is CC(C)C[C@@H](N)C(=O)N/N=C/c1ccc2nccnc2c1. The first-order chi connectivity index (χ1) is 10.1. The molecule has 1 aromatic carbocycles. The maximum atomic E-state index is 11.7. The van der Waals surface area contributed by atoms with Gasteiger partial charge in [-0.25, -0.2) is 5.43 Å². The number of nitrogens with two attached hydrogens (primary N) is 1. The van der Waals surface area contributed by atoms with Crippen LogP contribution in [0.1, 0.15) is 25.8 Å². The second-order valence-electron chi connectivity index (χ2n) is 5.27. The minimum absolute atomic E-state index is 0.277. The van der Waals surface area contributed by atoms with Crippen LogP contribution in [0.15, 0.2) is 35.7 Å². The number of nitrogens with zero attached hydrogens (tertiary/aromatic N) is 3. The third kappa shape index (κ3) is 4.32. The van der Waals surface area contributed by atoms with Crippen LogP contribution in [0.3, 0.4) is 0 Å². The highest BCUT2D eigenvalue weighted by atomic mass is 16.2. The molecule has 1 amide bonds. The van der Waals surface area contributed by atoms with Crippen LogP contribution in [0, 0.1) is 5.92 Å². The predicted octanol–water partition coefficient (Wildman–Crippen LogP) is 1.45. The first-order valence-electron chi connectivity index (χ1n) is 6.85. The molecule has 0 fully saturated rings. The Bertz CT molecular complexity index is 653. The number of fused-ring (bicyclic) bond motifs is 1. The van der Waals surface area contributed by atoms with Crippen molar-refractivity contribution < 1.29 is 4.79 Å². The van der Waals surface area contributed by atoms with Gasteiger partial charge in [-0.15, -0.1) is 0 Å². The van der Waals surface area contributed by atoms with Crippen molar-refractivity contribution in [3.63, 3.8) is 0 Å². The summed E-state index contributed by atoms with van der Waals surface area (Å²) in [4.78, 5) is 20.1. The molecule has 0 aliphatic rings. The Balaban J connectivity index is 1.98. The van der Waals surface area contributed by atoms with Crippen molar-refractivity contribution in [3.05, 3.63) is 36.2 Å². The van der Waals surface area contributed by atoms with Crippen LogP contribution in [0.5, 0.6) is 0 Å². The summed E-state index contributed by atoms with van der Waals surface area (Å²) in [5.41, 5.74) is 10.7. The molecule has 0 unspecified atom stereocenters. The molecule has 6 nitrogen and oxygen atoms in total. The van der Waals surface area contributed by atoms with Crippen molar-refractivity contribution in [1.82, 2.24) is 15.4 Å². The predicted molar refractivity (Wildman–Crippen MR) is 82.7 cm³/mol. The number of nitrogens with one attached hydrogen (secondary N) is 1. The van der Waals surface area contributed by atoms with Gasteiger partial charge in [-0.1, -0.05) is 19.9 Å². The summed E-state index contributed by atoms with van der Waals surface area (Å²) in [6.45, 7) is 4.04. The second-order valence-corrected chi connectivity index (χ2v) is 5.27. The van der Waals surface area contributed by atoms with E-state index in [1.54, 1.807) is 18.6 Å². The van der Waals surface area contributed by atoms with Gasteiger partial charge >= 0.3 is 0 Å². The molecule has 0 radical (unpaired) electrons. The lowest BCUT2D eigenvalue weighted by Gasteiger charge is -2.11. The van der Waals surface area contributed by atoms with E-state index < -0.39 is 6.04 Å². The minimum Gasteiger partial charge on any atom is -0.320 e. The Morgan fingerprint density at radius 2 is 2.05 bits per heavy atom. The quantitative estimate of drug-likeness (QED) is 0.642. The highest BCUT2D eigenvalue weighted by Crippen LogP contribution is 2.09. The molecule has 2 rings (SSSR count). The molecule has 2 aromatic rings. The lowest BCUT2D eigenvalue weighted by atomic mass is 10.0. The Labute approximate surface area is 123 Å². The van der Waals surface area contributed by atoms with Gasteiger partial charge in [0.15, 0.2) is 0 Å². The van der Waals surface area contributed by atoms with E-state index in [2.05, 4.69) is 20.5 Å². The maximum Gasteiger partial charge on any atom is 0.256 e. The Kier molecular flexibility index (Phi) is 4.94. The Hall–Kier alpha value is -2.34. The van der Waals surface area contributed by atoms with E-state index in [4.69, 9.17) is 5.73 Å². The molecule has 21 heavy (non-hydrogen) atoms. The summed E-state index contributed by atoms with van der Waals surface area (Å²) in [5, 5.41) is 3.92. The van der Waals surface area contributed by atoms with Crippen LogP contribution in [0.4, 0.5) is 0 Å². The molecule has 3 N–H and O–H groups in total. The molecule has 0 bridgehead atoms. The van der Waals surface area contributed by atoms with Gasteiger partial charge in [0.1, 0.15) is 0 Å². The number of hydrogen-bond donors (Lipinski definition) is 2. The van der Waals surface area contributed by atoms with Crippen LogP contribution < -0.4 is 11.2 Å². The molecule has 0 aliphatic heterocycles. The normalized spacial score (nSPS) is 13.0. The van der Waals surface area contributed by atoms with Crippen LogP contribution in [0.25, 0.3) is 11.0 Å². The third-order valence-electron chi connectivity index (χ3n) is 2.94. The minimum atomic E-state index is -0.537. The monoisotopic (exact) mass is 285 g/mol. The fourth-order valence-corrected chi connectivity index (χ4v) is 1.93. The Morgan fingerprint density at radius 3 is 2.76 bits per heavy atom. The van der Waals surface area contributed by atoms with Crippen LogP contribution in [-0.2, 0) is 4.79 Å². The zero-order valence-electron chi connectivity index (χ0n) is 12.2. The van der Waals surface area contributed by atoms with Gasteiger partial charge < -0.3 is 5.73 Å². The average molecular weight is 285 g/mol. The van der Waals surface area contributed by atoms with Crippen LogP contribution in [0.2, 0.25) is 0 Å². The van der Waals surface area contributed by atoms with Gasteiger partial charge in [0.25, 0.3) is 5.91 Å². The van der Waals surface area contributed by atoms with Crippen molar-refractivity contribution in [2.24, 2.45) is 16.8 Å². The molecule has 1 atom stereocenters. The molecule has 0 saturated carbocycles. The molecular formula is C15H19N5O. The molecule has 0 spiro atoms. The van der Waals surface area contributed by atoms with Gasteiger partial charge in [-0.3, -0.25) is 14.8 Å². The van der Waals surface area contributed by atoms with Gasteiger partial charge in [-0.05, 0) is 30.0 Å². The van der Waals surface area contributed by atoms with E-state index in [0.717, 1.165) is 16.6 Å². The largest absolute Gasteiger partial charge is 0.320 e. The van der Waals surface area contributed by atoms with Crippen molar-refractivity contribution in [1.29, 1.82) is 0 Å². The van der Waals surface area contributed by atoms with E-state index in [9.17, 15) is 4.79 Å². The highest BCUT2D eigenvalue weighted by Gasteiger charge is 2.13. The summed E-state index contributed by atoms with van der Waals surface area (Å²) < 4.78 is 0. The van der Waals surface area contributed by atoms with E-state index >= 15 is 0 Å². The first-order valence-corrected chi connectivity index (χ1v) is 6.85. The lowest BCUT2D eigenvalue weighted by molar-refractivity contribution is -0.122. The van der Waals surface area contributed by atoms with Crippen molar-refractivity contribution in [2.45, 2.75) is 26.3 Å². The van der Waals surface area contributed by atoms with Crippen LogP contribution in [-0.4, -0.2) is 28.1 Å². The summed E-state index contributed by atoms with van der Waals surface area (Å²) >= 11 is 0. The maximum absolute atomic E-state index is 11.7. The fourth-order valence-electron chi connectivity index (χ4n) is 1.93. The van der Waals surface area contributed by atoms with Gasteiger partial charge in [0.05, 0.1) is 23.3 Å². The van der Waals surface area contributed by atoms with Crippen molar-refractivity contribution in [3.8, 4) is 0 Å². The summed E-state index contributed by atoms with van der Waals surface area (Å²) in [6, 6.07) is 5.03. The van der Waals surface area contributed by atoms with E-state index in [-0.39, 0.29) is 5.91 Å². The van der Waals surface area contributed by atoms with Crippen molar-refractivity contribution in [2.75, 3.05) is 0 Å². The van der Waals surface area contributed by atoms with E-state index in [1.165, 1.54) is 0 Å². The number of aromatic nitrogens is 2. The van der Waals surface area contributed by atoms with E-state index in [0.29, 0.717) is 12.3 Å². The number of hydrazone groups is 1. The molecule has 1 heterocycles. The van der Waals surface area contributed by atoms with Gasteiger partial charge in [0, 0.05) is 12.4 Å². The summed E-state index contributed by atoms with van der Waals surface area (Å²) in [6.07, 6.45) is 5.48. The van der Waals surface area contributed by atoms with E-state index in [1.807, 2.05) is 32.0 Å². The van der Waals surface area contributed by atoms with Gasteiger partial charge in [0.2, 0.25) is 0 Å². The number of carbonyl (C=O) groups is 1. The molecule has 110 valence electrons. The zero-order valence-corrected chi connectivity index (χ0v) is 12.2. The highest BCUT2D eigenvalue weighted by molar-refractivity contribution is 5.88. The summed E-state index contributed by atoms with van der Waals surface area (Å²) in [5.74, 6) is 0.0920. The molecule has 6 heteroatoms. The zero-order chi connectivity index (χ0) is 15.2. The van der Waals surface area contributed by atoms with Crippen molar-refractivity contribution >= 4 is 23.2 Å². The fraction of sp³-hybridized carbons (Fsp3) is 0.333. The number of rotatable bonds is 5. The number of hydrogen-bond acceptors (Lipinski definition) is 5. The van der Waals surface area contributed by atoms with Gasteiger partial charge in [-0.2, -0.15) is 5.10 Å². The molecule has 0 saturated heterocycles. The number of benzene rings is 1. The molecule has 1 aromatic heterocycles. The lowest BCUT2D eigenvalue weighted by Crippen LogP contribution is -2.39. The average Bonchev–Trinajstić information content (AvgIpc) is 2.46. The molecular weight excluding hydrogens is 266 g/mol.